The molecule has 4 heteroatoms. The normalized spacial score (nSPS) is 10.6. The molecule has 0 saturated heterocycles. The maximum absolute atomic E-state index is 11.4. The van der Waals surface area contributed by atoms with Crippen molar-refractivity contribution < 1.29 is 0 Å². The summed E-state index contributed by atoms with van der Waals surface area (Å²) < 4.78 is 2.00. The largest absolute Gasteiger partial charge is 0.327 e. The van der Waals surface area contributed by atoms with E-state index in [0.717, 1.165) is 18.8 Å². The first kappa shape index (κ1) is 9.21. The number of hydrogen-bond acceptors (Lipinski definition) is 1. The first-order valence-electron chi connectivity index (χ1n) is 3.65. The average molecular weight is 350 g/mol. The number of nitrogens with one attached hydrogen (secondary N) is 1. The summed E-state index contributed by atoms with van der Waals surface area (Å²) in [6.45, 7) is 0. The van der Waals surface area contributed by atoms with E-state index in [9.17, 15) is 4.79 Å². The van der Waals surface area contributed by atoms with Gasteiger partial charge in [-0.25, -0.2) is 0 Å². The lowest BCUT2D eigenvalue weighted by molar-refractivity contribution is 1.26. The Kier molecular flexibility index (Phi) is 2.42. The predicted octanol–water partition coefficient (Wildman–Crippen LogP) is 2.90. The number of H-pyrrole nitrogens is 1. The zero-order valence-corrected chi connectivity index (χ0v) is 10.2. The third-order valence-corrected chi connectivity index (χ3v) is 3.34. The monoisotopic (exact) mass is 349 g/mol. The molecule has 1 heterocycles. The SMILES string of the molecule is O=c1[nH]cc(I)c2c(Br)cccc12. The van der Waals surface area contributed by atoms with E-state index in [1.807, 2.05) is 18.2 Å². The van der Waals surface area contributed by atoms with Gasteiger partial charge >= 0.3 is 0 Å². The zero-order valence-electron chi connectivity index (χ0n) is 6.47. The van der Waals surface area contributed by atoms with Crippen molar-refractivity contribution in [3.05, 3.63) is 42.8 Å². The van der Waals surface area contributed by atoms with Gasteiger partial charge in [-0.2, -0.15) is 0 Å². The van der Waals surface area contributed by atoms with Crippen molar-refractivity contribution in [2.24, 2.45) is 0 Å². The van der Waals surface area contributed by atoms with Crippen LogP contribution in [0.1, 0.15) is 0 Å². The Labute approximate surface area is 96.6 Å². The third-order valence-electron chi connectivity index (χ3n) is 1.83. The van der Waals surface area contributed by atoms with Crippen LogP contribution in [0.2, 0.25) is 0 Å². The molecule has 0 spiro atoms. The highest BCUT2D eigenvalue weighted by atomic mass is 127. The molecule has 0 aliphatic heterocycles. The molecule has 0 bridgehead atoms. The van der Waals surface area contributed by atoms with Gasteiger partial charge in [0.05, 0.1) is 0 Å². The van der Waals surface area contributed by atoms with Crippen molar-refractivity contribution in [1.82, 2.24) is 4.98 Å². The van der Waals surface area contributed by atoms with Gasteiger partial charge in [0, 0.05) is 25.0 Å². The smallest absolute Gasteiger partial charge is 0.255 e. The lowest BCUT2D eigenvalue weighted by Crippen LogP contribution is -2.05. The number of benzene rings is 1. The summed E-state index contributed by atoms with van der Waals surface area (Å²) in [5, 5.41) is 1.70. The van der Waals surface area contributed by atoms with Gasteiger partial charge in [-0.05, 0) is 34.7 Å². The topological polar surface area (TPSA) is 32.9 Å². The minimum Gasteiger partial charge on any atom is -0.327 e. The minimum atomic E-state index is -0.0447. The lowest BCUT2D eigenvalue weighted by Gasteiger charge is -2.01. The minimum absolute atomic E-state index is 0.0447. The number of halogens is 2. The Bertz CT molecular complexity index is 512. The van der Waals surface area contributed by atoms with E-state index in [0.29, 0.717) is 0 Å². The number of hydrogen-bond donors (Lipinski definition) is 1. The van der Waals surface area contributed by atoms with Crippen LogP contribution in [0.4, 0.5) is 0 Å². The Hall–Kier alpha value is -0.360. The van der Waals surface area contributed by atoms with Crippen LogP contribution >= 0.6 is 38.5 Å². The van der Waals surface area contributed by atoms with Crippen LogP contribution in [0, 0.1) is 3.57 Å². The number of aromatic amines is 1. The maximum Gasteiger partial charge on any atom is 0.255 e. The first-order chi connectivity index (χ1) is 6.20. The molecule has 0 atom stereocenters. The summed E-state index contributed by atoms with van der Waals surface area (Å²) in [5.41, 5.74) is -0.0447. The van der Waals surface area contributed by atoms with Gasteiger partial charge in [-0.3, -0.25) is 4.79 Å². The maximum atomic E-state index is 11.4. The Morgan fingerprint density at radius 2 is 2.15 bits per heavy atom. The van der Waals surface area contributed by atoms with Crippen molar-refractivity contribution >= 4 is 49.3 Å². The summed E-state index contributed by atoms with van der Waals surface area (Å²) in [5.74, 6) is 0. The van der Waals surface area contributed by atoms with Gasteiger partial charge in [0.25, 0.3) is 5.56 Å². The third kappa shape index (κ3) is 1.52. The summed E-state index contributed by atoms with van der Waals surface area (Å²) in [6.07, 6.45) is 1.72. The van der Waals surface area contributed by atoms with Crippen LogP contribution in [0.3, 0.4) is 0 Å². The molecular formula is C9H5BrINO. The van der Waals surface area contributed by atoms with E-state index in [4.69, 9.17) is 0 Å². The second kappa shape index (κ2) is 3.42. The fourth-order valence-corrected chi connectivity index (χ4v) is 2.92. The van der Waals surface area contributed by atoms with Crippen LogP contribution in [0.5, 0.6) is 0 Å². The number of fused-ring (bicyclic) bond motifs is 1. The molecule has 0 radical (unpaired) electrons. The molecule has 2 nitrogen and oxygen atoms in total. The highest BCUT2D eigenvalue weighted by Gasteiger charge is 2.04. The van der Waals surface area contributed by atoms with Gasteiger partial charge in [0.1, 0.15) is 0 Å². The van der Waals surface area contributed by atoms with Crippen LogP contribution in [0.15, 0.2) is 33.7 Å². The second-order valence-electron chi connectivity index (χ2n) is 2.63. The average Bonchev–Trinajstić information content (AvgIpc) is 2.12. The Morgan fingerprint density at radius 1 is 1.38 bits per heavy atom. The molecule has 0 saturated carbocycles. The molecule has 2 aromatic rings. The van der Waals surface area contributed by atoms with Crippen molar-refractivity contribution in [2.75, 3.05) is 0 Å². The molecule has 0 aliphatic rings. The molecule has 0 amide bonds. The zero-order chi connectivity index (χ0) is 9.42. The van der Waals surface area contributed by atoms with E-state index in [2.05, 4.69) is 43.5 Å². The van der Waals surface area contributed by atoms with Crippen molar-refractivity contribution in [1.29, 1.82) is 0 Å². The van der Waals surface area contributed by atoms with E-state index in [-0.39, 0.29) is 5.56 Å². The van der Waals surface area contributed by atoms with E-state index >= 15 is 0 Å². The van der Waals surface area contributed by atoms with Gasteiger partial charge in [-0.1, -0.05) is 22.0 Å². The number of pyridine rings is 1. The summed E-state index contributed by atoms with van der Waals surface area (Å²) >= 11 is 5.62. The Balaban J connectivity index is 3.09. The summed E-state index contributed by atoms with van der Waals surface area (Å²) in [7, 11) is 0. The number of aromatic nitrogens is 1. The summed E-state index contributed by atoms with van der Waals surface area (Å²) in [6, 6.07) is 5.61. The first-order valence-corrected chi connectivity index (χ1v) is 5.53. The molecule has 1 aromatic heterocycles. The molecule has 13 heavy (non-hydrogen) atoms. The molecular weight excluding hydrogens is 345 g/mol. The fourth-order valence-electron chi connectivity index (χ4n) is 1.23. The molecule has 2 rings (SSSR count). The second-order valence-corrected chi connectivity index (χ2v) is 4.64. The van der Waals surface area contributed by atoms with Crippen molar-refractivity contribution in [2.45, 2.75) is 0 Å². The molecule has 1 aromatic carbocycles. The molecule has 0 fully saturated rings. The molecule has 0 unspecified atom stereocenters. The van der Waals surface area contributed by atoms with Gasteiger partial charge in [0.2, 0.25) is 0 Å². The fraction of sp³-hybridized carbons (Fsp3) is 0. The van der Waals surface area contributed by atoms with Crippen LogP contribution in [-0.2, 0) is 0 Å². The summed E-state index contributed by atoms with van der Waals surface area (Å²) in [4.78, 5) is 14.1. The Morgan fingerprint density at radius 3 is 2.85 bits per heavy atom. The number of rotatable bonds is 0. The van der Waals surface area contributed by atoms with Gasteiger partial charge < -0.3 is 4.98 Å². The van der Waals surface area contributed by atoms with Crippen LogP contribution < -0.4 is 5.56 Å². The van der Waals surface area contributed by atoms with Gasteiger partial charge in [0.15, 0.2) is 0 Å². The standard InChI is InChI=1S/C9H5BrINO/c10-6-3-1-2-5-8(6)7(11)4-12-9(5)13/h1-4H,(H,12,13). The highest BCUT2D eigenvalue weighted by Crippen LogP contribution is 2.25. The van der Waals surface area contributed by atoms with Crippen molar-refractivity contribution in [3.63, 3.8) is 0 Å². The predicted molar refractivity (Wildman–Crippen MR) is 65.0 cm³/mol. The molecule has 0 aliphatic carbocycles. The molecule has 66 valence electrons. The van der Waals surface area contributed by atoms with Crippen LogP contribution in [0.25, 0.3) is 10.8 Å². The molecule has 1 N–H and O–H groups in total. The van der Waals surface area contributed by atoms with Gasteiger partial charge in [-0.15, -0.1) is 0 Å². The van der Waals surface area contributed by atoms with E-state index in [1.54, 1.807) is 6.20 Å². The van der Waals surface area contributed by atoms with Crippen molar-refractivity contribution in [3.8, 4) is 0 Å². The highest BCUT2D eigenvalue weighted by molar-refractivity contribution is 14.1. The van der Waals surface area contributed by atoms with E-state index < -0.39 is 0 Å². The van der Waals surface area contributed by atoms with E-state index in [1.165, 1.54) is 0 Å². The lowest BCUT2D eigenvalue weighted by atomic mass is 10.2. The van der Waals surface area contributed by atoms with Crippen LogP contribution in [-0.4, -0.2) is 4.98 Å². The quantitative estimate of drug-likeness (QED) is 0.729.